The lowest BCUT2D eigenvalue weighted by atomic mass is 10.1. The van der Waals surface area contributed by atoms with Gasteiger partial charge >= 0.3 is 0 Å². The van der Waals surface area contributed by atoms with Crippen LogP contribution in [-0.2, 0) is 15.3 Å². The summed E-state index contributed by atoms with van der Waals surface area (Å²) in [7, 11) is 1.64. The van der Waals surface area contributed by atoms with Crippen LogP contribution in [0.2, 0.25) is 0 Å². The summed E-state index contributed by atoms with van der Waals surface area (Å²) in [6, 6.07) is 5.93. The summed E-state index contributed by atoms with van der Waals surface area (Å²) in [6.07, 6.45) is 0. The Hall–Kier alpha value is 0.1000. The smallest absolute Gasteiger partial charge is 0.192 e. The van der Waals surface area contributed by atoms with Gasteiger partial charge in [-0.3, -0.25) is 0 Å². The Balaban J connectivity index is 3.12. The molecule has 0 saturated heterocycles. The highest BCUT2D eigenvalue weighted by molar-refractivity contribution is 9.11. The van der Waals surface area contributed by atoms with Crippen LogP contribution in [0, 0.1) is 0 Å². The summed E-state index contributed by atoms with van der Waals surface area (Å²) < 4.78 is 13.0. The zero-order valence-electron chi connectivity index (χ0n) is 9.01. The van der Waals surface area contributed by atoms with Crippen molar-refractivity contribution in [3.63, 3.8) is 0 Å². The molecule has 4 heteroatoms. The zero-order valence-corrected chi connectivity index (χ0v) is 12.2. The highest BCUT2D eigenvalue weighted by Crippen LogP contribution is 2.33. The molecule has 0 fully saturated rings. The maximum atomic E-state index is 5.62. The molecule has 84 valence electrons. The van der Waals surface area contributed by atoms with Crippen molar-refractivity contribution in [1.82, 2.24) is 0 Å². The minimum atomic E-state index is -0.700. The van der Waals surface area contributed by atoms with E-state index in [1.807, 2.05) is 32.0 Å². The lowest BCUT2D eigenvalue weighted by molar-refractivity contribution is -0.216. The topological polar surface area (TPSA) is 18.5 Å². The fourth-order valence-electron chi connectivity index (χ4n) is 1.38. The van der Waals surface area contributed by atoms with E-state index in [4.69, 9.17) is 9.47 Å². The molecule has 1 aromatic carbocycles. The summed E-state index contributed by atoms with van der Waals surface area (Å²) in [4.78, 5) is 0. The van der Waals surface area contributed by atoms with Crippen LogP contribution >= 0.6 is 31.9 Å². The van der Waals surface area contributed by atoms with E-state index < -0.39 is 5.79 Å². The van der Waals surface area contributed by atoms with Crippen molar-refractivity contribution in [2.75, 3.05) is 13.7 Å². The highest BCUT2D eigenvalue weighted by Gasteiger charge is 2.28. The molecule has 0 aliphatic rings. The molecule has 0 aliphatic heterocycles. The number of methoxy groups -OCH3 is 1. The lowest BCUT2D eigenvalue weighted by Gasteiger charge is -2.29. The van der Waals surface area contributed by atoms with Gasteiger partial charge in [0.2, 0.25) is 0 Å². The monoisotopic (exact) mass is 336 g/mol. The Morgan fingerprint density at radius 2 is 2.00 bits per heavy atom. The van der Waals surface area contributed by atoms with Crippen LogP contribution in [0.3, 0.4) is 0 Å². The molecule has 2 nitrogen and oxygen atoms in total. The van der Waals surface area contributed by atoms with Crippen molar-refractivity contribution >= 4 is 31.9 Å². The molecule has 1 rings (SSSR count). The molecule has 0 bridgehead atoms. The molecule has 0 aromatic heterocycles. The second-order valence-corrected chi connectivity index (χ2v) is 4.98. The number of halogens is 2. The molecule has 0 saturated carbocycles. The summed E-state index contributed by atoms with van der Waals surface area (Å²) in [5.41, 5.74) is 0.982. The van der Waals surface area contributed by atoms with Crippen LogP contribution in [0.25, 0.3) is 0 Å². The molecule has 0 spiro atoms. The zero-order chi connectivity index (χ0) is 11.5. The van der Waals surface area contributed by atoms with E-state index >= 15 is 0 Å². The number of hydrogen-bond donors (Lipinski definition) is 0. The fraction of sp³-hybridized carbons (Fsp3) is 0.455. The first-order valence-electron chi connectivity index (χ1n) is 4.68. The second-order valence-electron chi connectivity index (χ2n) is 3.21. The molecule has 0 heterocycles. The molecule has 0 aliphatic carbocycles. The first-order valence-corrected chi connectivity index (χ1v) is 6.26. The largest absolute Gasteiger partial charge is 0.349 e. The van der Waals surface area contributed by atoms with Gasteiger partial charge < -0.3 is 9.47 Å². The van der Waals surface area contributed by atoms with Crippen molar-refractivity contribution in [2.45, 2.75) is 19.6 Å². The predicted octanol–water partition coefficient (Wildman–Crippen LogP) is 4.07. The number of ether oxygens (including phenoxy) is 2. The minimum Gasteiger partial charge on any atom is -0.349 e. The van der Waals surface area contributed by atoms with E-state index in [0.717, 1.165) is 14.5 Å². The van der Waals surface area contributed by atoms with Crippen molar-refractivity contribution in [3.05, 3.63) is 32.7 Å². The van der Waals surface area contributed by atoms with Gasteiger partial charge in [0.15, 0.2) is 5.79 Å². The van der Waals surface area contributed by atoms with Crippen LogP contribution < -0.4 is 0 Å². The first kappa shape index (κ1) is 13.2. The van der Waals surface area contributed by atoms with Gasteiger partial charge in [-0.2, -0.15) is 0 Å². The van der Waals surface area contributed by atoms with E-state index in [-0.39, 0.29) is 0 Å². The third kappa shape index (κ3) is 3.03. The lowest BCUT2D eigenvalue weighted by Crippen LogP contribution is -2.28. The number of benzene rings is 1. The highest BCUT2D eigenvalue weighted by atomic mass is 79.9. The molecular formula is C11H14Br2O2. The van der Waals surface area contributed by atoms with Crippen LogP contribution in [0.5, 0.6) is 0 Å². The number of hydrogen-bond acceptors (Lipinski definition) is 2. The molecule has 15 heavy (non-hydrogen) atoms. The maximum Gasteiger partial charge on any atom is 0.192 e. The molecule has 0 N–H and O–H groups in total. The number of rotatable bonds is 4. The standard InChI is InChI=1S/C11H14Br2O2/c1-4-15-11(2,14-3)9-6-5-8(12)7-10(9)13/h5-7H,4H2,1-3H3. The molecule has 1 aromatic rings. The van der Waals surface area contributed by atoms with Crippen LogP contribution in [0.1, 0.15) is 19.4 Å². The first-order chi connectivity index (χ1) is 7.03. The van der Waals surface area contributed by atoms with Crippen molar-refractivity contribution < 1.29 is 9.47 Å². The van der Waals surface area contributed by atoms with Crippen LogP contribution in [-0.4, -0.2) is 13.7 Å². The maximum absolute atomic E-state index is 5.62. The van der Waals surface area contributed by atoms with Gasteiger partial charge in [0.1, 0.15) is 0 Å². The van der Waals surface area contributed by atoms with Gasteiger partial charge in [-0.15, -0.1) is 0 Å². The predicted molar refractivity (Wildman–Crippen MR) is 67.8 cm³/mol. The van der Waals surface area contributed by atoms with E-state index in [2.05, 4.69) is 31.9 Å². The van der Waals surface area contributed by atoms with Gasteiger partial charge in [0.05, 0.1) is 0 Å². The Morgan fingerprint density at radius 3 is 2.47 bits per heavy atom. The Morgan fingerprint density at radius 1 is 1.33 bits per heavy atom. The summed E-state index contributed by atoms with van der Waals surface area (Å²) >= 11 is 6.92. The molecule has 0 radical (unpaired) electrons. The minimum absolute atomic E-state index is 0.604. The summed E-state index contributed by atoms with van der Waals surface area (Å²) in [5.74, 6) is -0.700. The molecule has 1 atom stereocenters. The van der Waals surface area contributed by atoms with Gasteiger partial charge in [-0.25, -0.2) is 0 Å². The third-order valence-electron chi connectivity index (χ3n) is 2.23. The normalized spacial score (nSPS) is 15.0. The molecule has 1 unspecified atom stereocenters. The Labute approximate surface area is 107 Å². The van der Waals surface area contributed by atoms with E-state index in [9.17, 15) is 0 Å². The molecule has 0 amide bonds. The third-order valence-corrected chi connectivity index (χ3v) is 3.38. The quantitative estimate of drug-likeness (QED) is 0.771. The van der Waals surface area contributed by atoms with Gasteiger partial charge in [-0.05, 0) is 26.0 Å². The average molecular weight is 338 g/mol. The van der Waals surface area contributed by atoms with Crippen LogP contribution in [0.15, 0.2) is 27.1 Å². The molecular weight excluding hydrogens is 324 g/mol. The Kier molecular flexibility index (Phi) is 4.77. The van der Waals surface area contributed by atoms with Crippen molar-refractivity contribution in [1.29, 1.82) is 0 Å². The van der Waals surface area contributed by atoms with E-state index in [1.54, 1.807) is 7.11 Å². The van der Waals surface area contributed by atoms with Crippen molar-refractivity contribution in [3.8, 4) is 0 Å². The van der Waals surface area contributed by atoms with E-state index in [0.29, 0.717) is 6.61 Å². The summed E-state index contributed by atoms with van der Waals surface area (Å²) in [5, 5.41) is 0. The van der Waals surface area contributed by atoms with Crippen LogP contribution in [0.4, 0.5) is 0 Å². The van der Waals surface area contributed by atoms with Crippen molar-refractivity contribution in [2.24, 2.45) is 0 Å². The summed E-state index contributed by atoms with van der Waals surface area (Å²) in [6.45, 7) is 4.46. The average Bonchev–Trinajstić information content (AvgIpc) is 2.17. The van der Waals surface area contributed by atoms with Gasteiger partial charge in [-0.1, -0.05) is 37.9 Å². The van der Waals surface area contributed by atoms with Gasteiger partial charge in [0.25, 0.3) is 0 Å². The fourth-order valence-corrected chi connectivity index (χ4v) is 2.79. The Bertz CT molecular complexity index is 341. The van der Waals surface area contributed by atoms with E-state index in [1.165, 1.54) is 0 Å². The van der Waals surface area contributed by atoms with Gasteiger partial charge in [0, 0.05) is 28.2 Å². The second kappa shape index (κ2) is 5.43. The SMILES string of the molecule is CCOC(C)(OC)c1ccc(Br)cc1Br.